The lowest BCUT2D eigenvalue weighted by Gasteiger charge is -2.30. The summed E-state index contributed by atoms with van der Waals surface area (Å²) in [4.78, 5) is 48.3. The van der Waals surface area contributed by atoms with Crippen LogP contribution in [0.1, 0.15) is 43.0 Å². The minimum absolute atomic E-state index is 0.0517. The van der Waals surface area contributed by atoms with E-state index in [-0.39, 0.29) is 60.6 Å². The van der Waals surface area contributed by atoms with Gasteiger partial charge in [-0.15, -0.1) is 11.8 Å². The molecular weight excluding hydrogens is 408 g/mol. The third-order valence-corrected chi connectivity index (χ3v) is 5.58. The lowest BCUT2D eigenvalue weighted by molar-refractivity contribution is -0.125. The van der Waals surface area contributed by atoms with Crippen LogP contribution >= 0.6 is 11.8 Å². The zero-order chi connectivity index (χ0) is 21.5. The number of hydrogen-bond donors (Lipinski definition) is 4. The van der Waals surface area contributed by atoms with Gasteiger partial charge in [-0.25, -0.2) is 4.79 Å². The van der Waals surface area contributed by atoms with Gasteiger partial charge < -0.3 is 20.7 Å². The SMILES string of the molecule is CCOC(=O)c1ccccc1NC(=O)CSC1NC(=O)CC(CC(=O)NC2CC2)N1. The van der Waals surface area contributed by atoms with Crippen LogP contribution in [-0.2, 0) is 19.1 Å². The lowest BCUT2D eigenvalue weighted by Crippen LogP contribution is -2.56. The molecule has 3 amide bonds. The van der Waals surface area contributed by atoms with E-state index >= 15 is 0 Å². The number of nitrogens with one attached hydrogen (secondary N) is 4. The average molecular weight is 435 g/mol. The molecule has 2 unspecified atom stereocenters. The Morgan fingerprint density at radius 3 is 2.70 bits per heavy atom. The van der Waals surface area contributed by atoms with Gasteiger partial charge in [0.2, 0.25) is 17.7 Å². The fourth-order valence-corrected chi connectivity index (χ4v) is 3.92. The van der Waals surface area contributed by atoms with Crippen molar-refractivity contribution < 1.29 is 23.9 Å². The van der Waals surface area contributed by atoms with Crippen molar-refractivity contribution in [2.75, 3.05) is 17.7 Å². The van der Waals surface area contributed by atoms with Crippen LogP contribution in [0.3, 0.4) is 0 Å². The molecule has 1 aromatic rings. The summed E-state index contributed by atoms with van der Waals surface area (Å²) in [5.41, 5.74) is 0.177. The Morgan fingerprint density at radius 2 is 1.97 bits per heavy atom. The largest absolute Gasteiger partial charge is 0.462 e. The van der Waals surface area contributed by atoms with E-state index in [0.717, 1.165) is 12.8 Å². The summed E-state index contributed by atoms with van der Waals surface area (Å²) < 4.78 is 5.00. The van der Waals surface area contributed by atoms with E-state index in [2.05, 4.69) is 21.3 Å². The molecule has 1 aliphatic heterocycles. The van der Waals surface area contributed by atoms with Crippen LogP contribution in [0.5, 0.6) is 0 Å². The number of esters is 1. The van der Waals surface area contributed by atoms with Gasteiger partial charge in [0.05, 0.1) is 23.6 Å². The van der Waals surface area contributed by atoms with E-state index in [1.54, 1.807) is 31.2 Å². The van der Waals surface area contributed by atoms with Gasteiger partial charge in [0.15, 0.2) is 0 Å². The molecular formula is C20H26N4O5S. The zero-order valence-corrected chi connectivity index (χ0v) is 17.6. The van der Waals surface area contributed by atoms with Crippen LogP contribution in [0.4, 0.5) is 5.69 Å². The van der Waals surface area contributed by atoms with Crippen molar-refractivity contribution >= 4 is 41.1 Å². The first-order valence-electron chi connectivity index (χ1n) is 9.97. The van der Waals surface area contributed by atoms with Gasteiger partial charge in [-0.1, -0.05) is 12.1 Å². The molecule has 10 heteroatoms. The Balaban J connectivity index is 1.48. The third-order valence-electron chi connectivity index (χ3n) is 4.56. The van der Waals surface area contributed by atoms with E-state index in [4.69, 9.17) is 4.74 Å². The van der Waals surface area contributed by atoms with Crippen LogP contribution in [0.15, 0.2) is 24.3 Å². The Hall–Kier alpha value is -2.59. The molecule has 2 fully saturated rings. The van der Waals surface area contributed by atoms with Crippen LogP contribution in [-0.4, -0.2) is 53.6 Å². The van der Waals surface area contributed by atoms with E-state index < -0.39 is 11.5 Å². The number of carbonyl (C=O) groups is 4. The van der Waals surface area contributed by atoms with Gasteiger partial charge in [-0.05, 0) is 31.9 Å². The molecule has 162 valence electrons. The third kappa shape index (κ3) is 6.74. The van der Waals surface area contributed by atoms with Crippen molar-refractivity contribution in [1.82, 2.24) is 16.0 Å². The van der Waals surface area contributed by atoms with Crippen molar-refractivity contribution in [2.45, 2.75) is 50.2 Å². The van der Waals surface area contributed by atoms with Crippen LogP contribution in [0.2, 0.25) is 0 Å². The van der Waals surface area contributed by atoms with E-state index in [0.29, 0.717) is 5.69 Å². The number of anilines is 1. The highest BCUT2D eigenvalue weighted by atomic mass is 32.2. The van der Waals surface area contributed by atoms with Crippen LogP contribution in [0, 0.1) is 0 Å². The van der Waals surface area contributed by atoms with Crippen molar-refractivity contribution in [2.24, 2.45) is 0 Å². The zero-order valence-electron chi connectivity index (χ0n) is 16.7. The highest BCUT2D eigenvalue weighted by Gasteiger charge is 2.30. The topological polar surface area (TPSA) is 126 Å². The Morgan fingerprint density at radius 1 is 1.20 bits per heavy atom. The molecule has 1 aliphatic carbocycles. The quantitative estimate of drug-likeness (QED) is 0.427. The molecule has 1 aromatic carbocycles. The van der Waals surface area contributed by atoms with Gasteiger partial charge in [0.1, 0.15) is 5.50 Å². The second-order valence-electron chi connectivity index (χ2n) is 7.19. The predicted octanol–water partition coefficient (Wildman–Crippen LogP) is 0.965. The molecule has 0 aromatic heterocycles. The summed E-state index contributed by atoms with van der Waals surface area (Å²) in [6, 6.07) is 6.62. The molecule has 9 nitrogen and oxygen atoms in total. The van der Waals surface area contributed by atoms with E-state index in [1.165, 1.54) is 11.8 Å². The molecule has 30 heavy (non-hydrogen) atoms. The second-order valence-corrected chi connectivity index (χ2v) is 8.28. The maximum Gasteiger partial charge on any atom is 0.340 e. The summed E-state index contributed by atoms with van der Waals surface area (Å²) in [6.45, 7) is 1.95. The number of amides is 3. The Kier molecular flexibility index (Phi) is 7.69. The minimum Gasteiger partial charge on any atom is -0.462 e. The number of para-hydroxylation sites is 1. The summed E-state index contributed by atoms with van der Waals surface area (Å²) >= 11 is 1.21. The first-order valence-corrected chi connectivity index (χ1v) is 11.0. The smallest absolute Gasteiger partial charge is 0.340 e. The molecule has 0 radical (unpaired) electrons. The maximum atomic E-state index is 12.4. The Labute approximate surface area is 179 Å². The van der Waals surface area contributed by atoms with Crippen LogP contribution < -0.4 is 21.3 Å². The lowest BCUT2D eigenvalue weighted by atomic mass is 10.1. The number of rotatable bonds is 9. The number of benzene rings is 1. The molecule has 0 spiro atoms. The fraction of sp³-hybridized carbons (Fsp3) is 0.500. The first-order chi connectivity index (χ1) is 14.4. The monoisotopic (exact) mass is 434 g/mol. The number of thioether (sulfide) groups is 1. The molecule has 2 atom stereocenters. The average Bonchev–Trinajstić information content (AvgIpc) is 3.50. The summed E-state index contributed by atoms with van der Waals surface area (Å²) in [6.07, 6.45) is 2.46. The first kappa shape index (κ1) is 22.1. The van der Waals surface area contributed by atoms with Crippen molar-refractivity contribution in [3.63, 3.8) is 0 Å². The normalized spacial score (nSPS) is 20.8. The molecule has 0 bridgehead atoms. The number of carbonyl (C=O) groups excluding carboxylic acids is 4. The summed E-state index contributed by atoms with van der Waals surface area (Å²) in [5, 5.41) is 11.6. The van der Waals surface area contributed by atoms with Crippen molar-refractivity contribution in [3.8, 4) is 0 Å². The van der Waals surface area contributed by atoms with Gasteiger partial charge in [-0.2, -0.15) is 0 Å². The van der Waals surface area contributed by atoms with E-state index in [9.17, 15) is 19.2 Å². The van der Waals surface area contributed by atoms with Crippen LogP contribution in [0.25, 0.3) is 0 Å². The van der Waals surface area contributed by atoms with Gasteiger partial charge in [-0.3, -0.25) is 19.7 Å². The van der Waals surface area contributed by atoms with Gasteiger partial charge in [0.25, 0.3) is 0 Å². The fourth-order valence-electron chi connectivity index (χ4n) is 3.03. The molecule has 1 saturated carbocycles. The number of ether oxygens (including phenoxy) is 1. The molecule has 1 saturated heterocycles. The summed E-state index contributed by atoms with van der Waals surface area (Å²) in [7, 11) is 0. The van der Waals surface area contributed by atoms with Crippen molar-refractivity contribution in [1.29, 1.82) is 0 Å². The second kappa shape index (κ2) is 10.4. The highest BCUT2D eigenvalue weighted by Crippen LogP contribution is 2.20. The van der Waals surface area contributed by atoms with Gasteiger partial charge in [0, 0.05) is 24.9 Å². The molecule has 2 aliphatic rings. The standard InChI is InChI=1S/C20H26N4O5S/c1-2-29-19(28)14-5-3-4-6-15(14)23-18(27)11-30-20-22-13(10-17(26)24-20)9-16(25)21-12-7-8-12/h3-6,12-13,20,22H,2,7-11H2,1H3,(H,21,25)(H,23,27)(H,24,26). The summed E-state index contributed by atoms with van der Waals surface area (Å²) in [5.74, 6) is -1.00. The van der Waals surface area contributed by atoms with E-state index in [1.807, 2.05) is 0 Å². The maximum absolute atomic E-state index is 12.4. The molecule has 1 heterocycles. The predicted molar refractivity (Wildman–Crippen MR) is 113 cm³/mol. The Bertz CT molecular complexity index is 814. The van der Waals surface area contributed by atoms with Crippen molar-refractivity contribution in [3.05, 3.63) is 29.8 Å². The van der Waals surface area contributed by atoms with Gasteiger partial charge >= 0.3 is 5.97 Å². The molecule has 4 N–H and O–H groups in total. The minimum atomic E-state index is -0.505. The number of hydrogen-bond acceptors (Lipinski definition) is 7. The highest BCUT2D eigenvalue weighted by molar-refractivity contribution is 8.00. The molecule has 3 rings (SSSR count).